The van der Waals surface area contributed by atoms with E-state index in [9.17, 15) is 13.2 Å². The van der Waals surface area contributed by atoms with Gasteiger partial charge in [-0.3, -0.25) is 0 Å². The minimum Gasteiger partial charge on any atom is -0.468 e. The second-order valence-corrected chi connectivity index (χ2v) is 7.37. The van der Waals surface area contributed by atoms with Gasteiger partial charge in [-0.2, -0.15) is 4.72 Å². The van der Waals surface area contributed by atoms with Gasteiger partial charge in [0.1, 0.15) is 6.04 Å². The second kappa shape index (κ2) is 7.15. The Kier molecular flexibility index (Phi) is 5.41. The van der Waals surface area contributed by atoms with E-state index in [1.54, 1.807) is 56.3 Å². The van der Waals surface area contributed by atoms with E-state index in [0.717, 1.165) is 5.56 Å². The summed E-state index contributed by atoms with van der Waals surface area (Å²) in [5.41, 5.74) is 2.78. The number of aryl methyl sites for hydroxylation is 3. The van der Waals surface area contributed by atoms with E-state index in [2.05, 4.69) is 4.72 Å². The molecule has 0 saturated carbocycles. The predicted molar refractivity (Wildman–Crippen MR) is 92.2 cm³/mol. The standard InChI is InChI=1S/C18H21NO4S/c1-12-10-13(2)17(14(3)11-12)24(21,22)19-16(18(20)23-4)15-8-6-5-7-9-15/h5-11,16,19H,1-4H3/t16-/m0/s1. The van der Waals surface area contributed by atoms with Crippen LogP contribution in [0.2, 0.25) is 0 Å². The highest BCUT2D eigenvalue weighted by molar-refractivity contribution is 7.89. The van der Waals surface area contributed by atoms with Crippen molar-refractivity contribution in [2.75, 3.05) is 7.11 Å². The molecule has 1 atom stereocenters. The Morgan fingerprint density at radius 2 is 1.58 bits per heavy atom. The molecule has 0 amide bonds. The molecule has 2 aromatic carbocycles. The summed E-state index contributed by atoms with van der Waals surface area (Å²) in [7, 11) is -2.66. The lowest BCUT2D eigenvalue weighted by molar-refractivity contribution is -0.142. The van der Waals surface area contributed by atoms with Crippen LogP contribution in [-0.4, -0.2) is 21.5 Å². The maximum absolute atomic E-state index is 12.9. The topological polar surface area (TPSA) is 72.5 Å². The second-order valence-electron chi connectivity index (χ2n) is 5.72. The zero-order chi connectivity index (χ0) is 17.9. The average Bonchev–Trinajstić information content (AvgIpc) is 2.51. The first-order valence-electron chi connectivity index (χ1n) is 7.49. The lowest BCUT2D eigenvalue weighted by Crippen LogP contribution is -2.35. The van der Waals surface area contributed by atoms with E-state index in [4.69, 9.17) is 4.74 Å². The van der Waals surface area contributed by atoms with Gasteiger partial charge in [0.25, 0.3) is 0 Å². The van der Waals surface area contributed by atoms with Gasteiger partial charge in [-0.05, 0) is 37.5 Å². The minimum atomic E-state index is -3.89. The third-order valence-corrected chi connectivity index (χ3v) is 5.44. The normalized spacial score (nSPS) is 12.7. The molecule has 0 aromatic heterocycles. The van der Waals surface area contributed by atoms with Crippen LogP contribution >= 0.6 is 0 Å². The van der Waals surface area contributed by atoms with Crippen molar-refractivity contribution in [2.45, 2.75) is 31.7 Å². The van der Waals surface area contributed by atoms with Crippen LogP contribution in [0.3, 0.4) is 0 Å². The molecule has 128 valence electrons. The molecular formula is C18H21NO4S. The summed E-state index contributed by atoms with van der Waals surface area (Å²) >= 11 is 0. The molecule has 5 nitrogen and oxygen atoms in total. The van der Waals surface area contributed by atoms with Crippen molar-refractivity contribution in [1.82, 2.24) is 4.72 Å². The van der Waals surface area contributed by atoms with Gasteiger partial charge in [-0.25, -0.2) is 13.2 Å². The lowest BCUT2D eigenvalue weighted by atomic mass is 10.1. The fourth-order valence-electron chi connectivity index (χ4n) is 2.82. The summed E-state index contributed by atoms with van der Waals surface area (Å²) in [5.74, 6) is -0.660. The fraction of sp³-hybridized carbons (Fsp3) is 0.278. The minimum absolute atomic E-state index is 0.193. The van der Waals surface area contributed by atoms with Gasteiger partial charge in [0, 0.05) is 0 Å². The first-order chi connectivity index (χ1) is 11.3. The van der Waals surface area contributed by atoms with Gasteiger partial charge in [-0.1, -0.05) is 48.0 Å². The molecule has 0 aliphatic heterocycles. The molecule has 24 heavy (non-hydrogen) atoms. The third-order valence-electron chi connectivity index (χ3n) is 3.72. The zero-order valence-electron chi connectivity index (χ0n) is 14.2. The van der Waals surface area contributed by atoms with E-state index in [0.29, 0.717) is 16.7 Å². The van der Waals surface area contributed by atoms with E-state index in [1.807, 2.05) is 6.92 Å². The van der Waals surface area contributed by atoms with E-state index in [1.165, 1.54) is 7.11 Å². The number of rotatable bonds is 5. The number of esters is 1. The predicted octanol–water partition coefficient (Wildman–Crippen LogP) is 2.80. The summed E-state index contributed by atoms with van der Waals surface area (Å²) in [6.45, 7) is 5.39. The number of carbonyl (C=O) groups is 1. The fourth-order valence-corrected chi connectivity index (χ4v) is 4.45. The molecule has 0 aliphatic rings. The van der Waals surface area contributed by atoms with E-state index >= 15 is 0 Å². The number of benzene rings is 2. The first-order valence-corrected chi connectivity index (χ1v) is 8.97. The molecule has 2 aromatic rings. The van der Waals surface area contributed by atoms with Gasteiger partial charge >= 0.3 is 5.97 Å². The molecule has 0 spiro atoms. The highest BCUT2D eigenvalue weighted by Gasteiger charge is 2.29. The van der Waals surface area contributed by atoms with Crippen molar-refractivity contribution < 1.29 is 17.9 Å². The van der Waals surface area contributed by atoms with Crippen LogP contribution in [0.1, 0.15) is 28.3 Å². The third kappa shape index (κ3) is 3.83. The van der Waals surface area contributed by atoms with Crippen LogP contribution in [0, 0.1) is 20.8 Å². The highest BCUT2D eigenvalue weighted by Crippen LogP contribution is 2.24. The Labute approximate surface area is 142 Å². The van der Waals surface area contributed by atoms with Crippen LogP contribution in [-0.2, 0) is 19.6 Å². The molecule has 0 fully saturated rings. The maximum atomic E-state index is 12.9. The van der Waals surface area contributed by atoms with Crippen molar-refractivity contribution >= 4 is 16.0 Å². The largest absolute Gasteiger partial charge is 0.468 e. The number of sulfonamides is 1. The van der Waals surface area contributed by atoms with Crippen LogP contribution in [0.25, 0.3) is 0 Å². The monoisotopic (exact) mass is 347 g/mol. The number of nitrogens with one attached hydrogen (secondary N) is 1. The lowest BCUT2D eigenvalue weighted by Gasteiger charge is -2.19. The molecule has 0 bridgehead atoms. The maximum Gasteiger partial charge on any atom is 0.328 e. The molecule has 0 saturated heterocycles. The quantitative estimate of drug-likeness (QED) is 0.844. The molecule has 0 unspecified atom stereocenters. The number of ether oxygens (including phenoxy) is 1. The number of carbonyl (C=O) groups excluding carboxylic acids is 1. The average molecular weight is 347 g/mol. The molecule has 0 heterocycles. The SMILES string of the molecule is COC(=O)[C@@H](NS(=O)(=O)c1c(C)cc(C)cc1C)c1ccccc1. The molecule has 0 aliphatic carbocycles. The molecule has 1 N–H and O–H groups in total. The molecule has 2 rings (SSSR count). The smallest absolute Gasteiger partial charge is 0.328 e. The highest BCUT2D eigenvalue weighted by atomic mass is 32.2. The molecular weight excluding hydrogens is 326 g/mol. The summed E-state index contributed by atoms with van der Waals surface area (Å²) in [4.78, 5) is 12.3. The van der Waals surface area contributed by atoms with Crippen LogP contribution in [0.4, 0.5) is 0 Å². The Bertz CT molecular complexity index is 822. The van der Waals surface area contributed by atoms with Crippen LogP contribution in [0.5, 0.6) is 0 Å². The summed E-state index contributed by atoms with van der Waals surface area (Å²) < 4.78 is 33.0. The van der Waals surface area contributed by atoms with E-state index in [-0.39, 0.29) is 4.90 Å². The Balaban J connectivity index is 2.47. The first kappa shape index (κ1) is 18.2. The van der Waals surface area contributed by atoms with Gasteiger partial charge in [0.05, 0.1) is 12.0 Å². The van der Waals surface area contributed by atoms with E-state index < -0.39 is 22.0 Å². The molecule has 0 radical (unpaired) electrons. The van der Waals surface area contributed by atoms with Gasteiger partial charge in [-0.15, -0.1) is 0 Å². The zero-order valence-corrected chi connectivity index (χ0v) is 15.0. The van der Waals surface area contributed by atoms with Crippen molar-refractivity contribution in [2.24, 2.45) is 0 Å². The van der Waals surface area contributed by atoms with Crippen LogP contribution in [0.15, 0.2) is 47.4 Å². The van der Waals surface area contributed by atoms with Gasteiger partial charge in [0.2, 0.25) is 10.0 Å². The summed E-state index contributed by atoms with van der Waals surface area (Å²) in [6, 6.07) is 11.1. The van der Waals surface area contributed by atoms with Gasteiger partial charge < -0.3 is 4.74 Å². The molecule has 6 heteroatoms. The van der Waals surface area contributed by atoms with Crippen LogP contribution < -0.4 is 4.72 Å². The number of methoxy groups -OCH3 is 1. The van der Waals surface area contributed by atoms with Crippen molar-refractivity contribution in [1.29, 1.82) is 0 Å². The van der Waals surface area contributed by atoms with Crippen molar-refractivity contribution in [3.8, 4) is 0 Å². The summed E-state index contributed by atoms with van der Waals surface area (Å²) in [6.07, 6.45) is 0. The van der Waals surface area contributed by atoms with Crippen molar-refractivity contribution in [3.05, 3.63) is 64.7 Å². The Morgan fingerprint density at radius 3 is 2.08 bits per heavy atom. The summed E-state index contributed by atoms with van der Waals surface area (Å²) in [5, 5.41) is 0. The number of hydrogen-bond donors (Lipinski definition) is 1. The Hall–Kier alpha value is -2.18. The Morgan fingerprint density at radius 1 is 1.04 bits per heavy atom. The van der Waals surface area contributed by atoms with Crippen molar-refractivity contribution in [3.63, 3.8) is 0 Å². The van der Waals surface area contributed by atoms with Gasteiger partial charge in [0.15, 0.2) is 0 Å². The number of hydrogen-bond acceptors (Lipinski definition) is 4.